The first-order valence-electron chi connectivity index (χ1n) is 9.63. The van der Waals surface area contributed by atoms with Crippen molar-refractivity contribution in [1.82, 2.24) is 19.8 Å². The minimum atomic E-state index is -0.0625. The molecule has 0 aliphatic carbocycles. The van der Waals surface area contributed by atoms with Crippen LogP contribution in [0.4, 0.5) is 0 Å². The lowest BCUT2D eigenvalue weighted by Crippen LogP contribution is -2.47. The highest BCUT2D eigenvalue weighted by molar-refractivity contribution is 5.79. The van der Waals surface area contributed by atoms with E-state index in [0.717, 1.165) is 57.1 Å². The van der Waals surface area contributed by atoms with Crippen LogP contribution in [-0.4, -0.2) is 52.3 Å². The number of aryl methyl sites for hydroxylation is 2. The van der Waals surface area contributed by atoms with E-state index < -0.39 is 0 Å². The van der Waals surface area contributed by atoms with Gasteiger partial charge in [-0.15, -0.1) is 0 Å². The first kappa shape index (κ1) is 18.2. The Morgan fingerprint density at radius 3 is 2.68 bits per heavy atom. The van der Waals surface area contributed by atoms with Crippen LogP contribution in [0, 0.1) is 0 Å². The molecule has 2 aliphatic heterocycles. The lowest BCUT2D eigenvalue weighted by molar-refractivity contribution is -0.0772. The Bertz CT molecular complexity index is 570. The number of ether oxygens (including phenoxy) is 1. The van der Waals surface area contributed by atoms with E-state index in [2.05, 4.69) is 46.7 Å². The van der Waals surface area contributed by atoms with Crippen LogP contribution in [0.5, 0.6) is 0 Å². The third-order valence-electron chi connectivity index (χ3n) is 4.86. The van der Waals surface area contributed by atoms with E-state index in [1.807, 2.05) is 7.05 Å². The summed E-state index contributed by atoms with van der Waals surface area (Å²) in [4.78, 5) is 11.6. The molecular formula is C19H33N5O. The SMILES string of the molecule is CN=C(NCc1cn2c(n1)CCCC2)N1CCC(OC(C)(C)C)CC1. The zero-order valence-electron chi connectivity index (χ0n) is 16.2. The van der Waals surface area contributed by atoms with Gasteiger partial charge >= 0.3 is 0 Å². The van der Waals surface area contributed by atoms with Crippen LogP contribution in [0.3, 0.4) is 0 Å². The number of hydrogen-bond acceptors (Lipinski definition) is 3. The number of imidazole rings is 1. The van der Waals surface area contributed by atoms with Gasteiger partial charge < -0.3 is 19.5 Å². The molecule has 0 saturated carbocycles. The van der Waals surface area contributed by atoms with Crippen molar-refractivity contribution < 1.29 is 4.74 Å². The highest BCUT2D eigenvalue weighted by atomic mass is 16.5. The molecule has 3 heterocycles. The highest BCUT2D eigenvalue weighted by Gasteiger charge is 2.25. The second-order valence-corrected chi connectivity index (χ2v) is 8.12. The fourth-order valence-corrected chi connectivity index (χ4v) is 3.74. The Morgan fingerprint density at radius 2 is 2.04 bits per heavy atom. The molecule has 0 atom stereocenters. The van der Waals surface area contributed by atoms with E-state index in [4.69, 9.17) is 9.72 Å². The highest BCUT2D eigenvalue weighted by Crippen LogP contribution is 2.20. The molecule has 1 saturated heterocycles. The Morgan fingerprint density at radius 1 is 1.28 bits per heavy atom. The second kappa shape index (κ2) is 7.77. The number of guanidine groups is 1. The minimum absolute atomic E-state index is 0.0625. The van der Waals surface area contributed by atoms with Gasteiger partial charge in [-0.05, 0) is 46.5 Å². The first-order chi connectivity index (χ1) is 11.9. The molecule has 6 nitrogen and oxygen atoms in total. The molecule has 1 aromatic rings. The number of aliphatic imine (C=N–C) groups is 1. The quantitative estimate of drug-likeness (QED) is 0.674. The van der Waals surface area contributed by atoms with Crippen LogP contribution in [0.2, 0.25) is 0 Å². The van der Waals surface area contributed by atoms with Crippen LogP contribution in [0.15, 0.2) is 11.2 Å². The van der Waals surface area contributed by atoms with Crippen LogP contribution in [-0.2, 0) is 24.2 Å². The largest absolute Gasteiger partial charge is 0.372 e. The van der Waals surface area contributed by atoms with Gasteiger partial charge in [-0.3, -0.25) is 4.99 Å². The summed E-state index contributed by atoms with van der Waals surface area (Å²) in [5.41, 5.74) is 1.05. The van der Waals surface area contributed by atoms with Crippen LogP contribution >= 0.6 is 0 Å². The van der Waals surface area contributed by atoms with E-state index in [1.165, 1.54) is 18.7 Å². The molecule has 1 fully saturated rings. The molecule has 0 aromatic carbocycles. The number of hydrogen-bond donors (Lipinski definition) is 1. The van der Waals surface area contributed by atoms with Gasteiger partial charge in [0.15, 0.2) is 5.96 Å². The molecule has 0 spiro atoms. The van der Waals surface area contributed by atoms with Crippen LogP contribution in [0.25, 0.3) is 0 Å². The molecule has 0 radical (unpaired) electrons. The molecule has 140 valence electrons. The van der Waals surface area contributed by atoms with Crippen LogP contribution in [0.1, 0.15) is 58.0 Å². The molecule has 1 aromatic heterocycles. The molecule has 1 N–H and O–H groups in total. The molecule has 0 unspecified atom stereocenters. The molecule has 2 aliphatic rings. The maximum atomic E-state index is 6.12. The number of fused-ring (bicyclic) bond motifs is 1. The van der Waals surface area contributed by atoms with Crippen molar-refractivity contribution >= 4 is 5.96 Å². The molecule has 3 rings (SSSR count). The second-order valence-electron chi connectivity index (χ2n) is 8.12. The van der Waals surface area contributed by atoms with Crippen molar-refractivity contribution in [2.45, 2.75) is 77.7 Å². The molecule has 6 heteroatoms. The van der Waals surface area contributed by atoms with E-state index in [0.29, 0.717) is 6.10 Å². The molecule has 0 amide bonds. The number of nitrogens with one attached hydrogen (secondary N) is 1. The summed E-state index contributed by atoms with van der Waals surface area (Å²) in [5.74, 6) is 2.21. The van der Waals surface area contributed by atoms with Gasteiger partial charge in [0, 0.05) is 39.3 Å². The zero-order valence-corrected chi connectivity index (χ0v) is 16.2. The molecule has 25 heavy (non-hydrogen) atoms. The summed E-state index contributed by atoms with van der Waals surface area (Å²) in [5, 5.41) is 3.49. The summed E-state index contributed by atoms with van der Waals surface area (Å²) < 4.78 is 8.42. The van der Waals surface area contributed by atoms with E-state index in [1.54, 1.807) is 0 Å². The van der Waals surface area contributed by atoms with Gasteiger partial charge in [-0.25, -0.2) is 4.98 Å². The minimum Gasteiger partial charge on any atom is -0.372 e. The van der Waals surface area contributed by atoms with Gasteiger partial charge in [0.1, 0.15) is 5.82 Å². The maximum absolute atomic E-state index is 6.12. The Hall–Kier alpha value is -1.56. The molecular weight excluding hydrogens is 314 g/mol. The lowest BCUT2D eigenvalue weighted by atomic mass is 10.1. The van der Waals surface area contributed by atoms with Crippen molar-refractivity contribution in [3.8, 4) is 0 Å². The summed E-state index contributed by atoms with van der Waals surface area (Å²) in [6.07, 6.45) is 8.29. The fraction of sp³-hybridized carbons (Fsp3) is 0.789. The number of piperidine rings is 1. The zero-order chi connectivity index (χ0) is 17.9. The Labute approximate surface area is 151 Å². The summed E-state index contributed by atoms with van der Waals surface area (Å²) in [7, 11) is 1.86. The lowest BCUT2D eigenvalue weighted by Gasteiger charge is -2.36. The van der Waals surface area contributed by atoms with E-state index in [9.17, 15) is 0 Å². The van der Waals surface area contributed by atoms with Gasteiger partial charge in [0.2, 0.25) is 0 Å². The Balaban J connectivity index is 1.49. The number of likely N-dealkylation sites (tertiary alicyclic amines) is 1. The third-order valence-corrected chi connectivity index (χ3v) is 4.86. The van der Waals surface area contributed by atoms with Crippen molar-refractivity contribution in [3.63, 3.8) is 0 Å². The van der Waals surface area contributed by atoms with Gasteiger partial charge in [0.25, 0.3) is 0 Å². The van der Waals surface area contributed by atoms with Crippen molar-refractivity contribution in [3.05, 3.63) is 17.7 Å². The predicted molar refractivity (Wildman–Crippen MR) is 101 cm³/mol. The normalized spacial score (nSPS) is 19.8. The Kier molecular flexibility index (Phi) is 5.67. The number of aromatic nitrogens is 2. The van der Waals surface area contributed by atoms with E-state index in [-0.39, 0.29) is 5.60 Å². The fourth-order valence-electron chi connectivity index (χ4n) is 3.74. The van der Waals surface area contributed by atoms with E-state index >= 15 is 0 Å². The third kappa shape index (κ3) is 4.97. The topological polar surface area (TPSA) is 54.7 Å². The van der Waals surface area contributed by atoms with Crippen molar-refractivity contribution in [2.75, 3.05) is 20.1 Å². The van der Waals surface area contributed by atoms with Gasteiger partial charge in [0.05, 0.1) is 23.9 Å². The van der Waals surface area contributed by atoms with Gasteiger partial charge in [-0.1, -0.05) is 0 Å². The predicted octanol–water partition coefficient (Wildman–Crippen LogP) is 2.57. The monoisotopic (exact) mass is 347 g/mol. The number of rotatable bonds is 3. The smallest absolute Gasteiger partial charge is 0.193 e. The van der Waals surface area contributed by atoms with Crippen molar-refractivity contribution in [2.24, 2.45) is 4.99 Å². The summed E-state index contributed by atoms with van der Waals surface area (Å²) in [6.45, 7) is 10.2. The maximum Gasteiger partial charge on any atom is 0.193 e. The number of nitrogens with zero attached hydrogens (tertiary/aromatic N) is 4. The summed E-state index contributed by atoms with van der Waals surface area (Å²) in [6, 6.07) is 0. The van der Waals surface area contributed by atoms with Gasteiger partial charge in [-0.2, -0.15) is 0 Å². The average Bonchev–Trinajstić information content (AvgIpc) is 2.98. The average molecular weight is 348 g/mol. The van der Waals surface area contributed by atoms with Crippen LogP contribution < -0.4 is 5.32 Å². The van der Waals surface area contributed by atoms with Crippen molar-refractivity contribution in [1.29, 1.82) is 0 Å². The first-order valence-corrected chi connectivity index (χ1v) is 9.63. The summed E-state index contributed by atoms with van der Waals surface area (Å²) >= 11 is 0. The standard InChI is InChI=1S/C19H33N5O/c1-19(2,3)25-16-8-11-23(12-9-16)18(20-4)21-13-15-14-24-10-6-5-7-17(24)22-15/h14,16H,5-13H2,1-4H3,(H,20,21). The molecule has 0 bridgehead atoms.